The lowest BCUT2D eigenvalue weighted by molar-refractivity contribution is -0.113. The zero-order valence-corrected chi connectivity index (χ0v) is 17.0. The predicted molar refractivity (Wildman–Crippen MR) is 102 cm³/mol. The number of hydrogen-bond acceptors (Lipinski definition) is 8. The van der Waals surface area contributed by atoms with Crippen molar-refractivity contribution in [3.05, 3.63) is 22.7 Å². The molecule has 9 nitrogen and oxygen atoms in total. The largest absolute Gasteiger partial charge is 0.462 e. The Bertz CT molecular complexity index is 929. The van der Waals surface area contributed by atoms with Crippen LogP contribution in [0.25, 0.3) is 0 Å². The highest BCUT2D eigenvalue weighted by molar-refractivity contribution is 7.99. The number of nitrogens with zero attached hydrogens (tertiary/aromatic N) is 3. The lowest BCUT2D eigenvalue weighted by atomic mass is 10.1. The first-order chi connectivity index (χ1) is 13.3. The fourth-order valence-electron chi connectivity index (χ4n) is 2.90. The highest BCUT2D eigenvalue weighted by atomic mass is 32.2. The minimum atomic E-state index is -0.713. The van der Waals surface area contributed by atoms with Crippen molar-refractivity contribution in [2.45, 2.75) is 44.7 Å². The van der Waals surface area contributed by atoms with E-state index >= 15 is 0 Å². The summed E-state index contributed by atoms with van der Waals surface area (Å²) in [4.78, 5) is 36.6. The van der Waals surface area contributed by atoms with Crippen molar-refractivity contribution >= 4 is 35.3 Å². The molecule has 150 valence electrons. The van der Waals surface area contributed by atoms with Gasteiger partial charge < -0.3 is 13.7 Å². The average molecular weight is 406 g/mol. The topological polar surface area (TPSA) is 116 Å². The minimum Gasteiger partial charge on any atom is -0.462 e. The van der Waals surface area contributed by atoms with E-state index in [9.17, 15) is 14.4 Å². The van der Waals surface area contributed by atoms with Crippen LogP contribution in [0.5, 0.6) is 0 Å². The van der Waals surface area contributed by atoms with Crippen LogP contribution in [0.1, 0.15) is 64.9 Å². The van der Waals surface area contributed by atoms with Gasteiger partial charge in [0, 0.05) is 13.0 Å². The number of carbonyl (C=O) groups is 3. The van der Waals surface area contributed by atoms with E-state index in [0.29, 0.717) is 11.1 Å². The molecule has 2 aromatic rings. The van der Waals surface area contributed by atoms with Crippen molar-refractivity contribution in [2.75, 3.05) is 17.7 Å². The number of furan rings is 1. The maximum atomic E-state index is 12.4. The second-order valence-corrected chi connectivity index (χ2v) is 7.47. The number of nitrogens with one attached hydrogen (secondary N) is 1. The van der Waals surface area contributed by atoms with Gasteiger partial charge in [-0.15, -0.1) is 10.2 Å². The highest BCUT2D eigenvalue weighted by Crippen LogP contribution is 2.39. The number of Topliss-reactive ketones (excluding diaryl/α,β-unsaturated/α-hetero) is 1. The maximum Gasteiger partial charge on any atom is 0.344 e. The Hall–Kier alpha value is -2.62. The summed E-state index contributed by atoms with van der Waals surface area (Å²) in [5.41, 5.74) is 0.0589. The molecule has 3 rings (SSSR count). The van der Waals surface area contributed by atoms with Crippen LogP contribution in [-0.4, -0.2) is 44.8 Å². The molecule has 0 aromatic carbocycles. The number of esters is 1. The molecule has 1 saturated carbocycles. The molecule has 0 spiro atoms. The van der Waals surface area contributed by atoms with Gasteiger partial charge in [0.25, 0.3) is 0 Å². The van der Waals surface area contributed by atoms with Gasteiger partial charge in [0.05, 0.1) is 17.9 Å². The number of aryl methyl sites for hydroxylation is 1. The lowest BCUT2D eigenvalue weighted by Gasteiger charge is -2.06. The molecular weight excluding hydrogens is 384 g/mol. The van der Waals surface area contributed by atoms with E-state index in [4.69, 9.17) is 9.15 Å². The monoisotopic (exact) mass is 406 g/mol. The Morgan fingerprint density at radius 1 is 1.29 bits per heavy atom. The maximum absolute atomic E-state index is 12.4. The molecule has 1 amide bonds. The first kappa shape index (κ1) is 20.1. The van der Waals surface area contributed by atoms with Gasteiger partial charge in [0.1, 0.15) is 17.1 Å². The highest BCUT2D eigenvalue weighted by Gasteiger charge is 2.30. The fourth-order valence-corrected chi connectivity index (χ4v) is 3.61. The van der Waals surface area contributed by atoms with Crippen LogP contribution in [0, 0.1) is 6.92 Å². The number of carbonyl (C=O) groups excluding carboxylic acids is 3. The van der Waals surface area contributed by atoms with E-state index < -0.39 is 11.9 Å². The molecule has 0 aliphatic heterocycles. The van der Waals surface area contributed by atoms with E-state index in [-0.39, 0.29) is 40.9 Å². The van der Waals surface area contributed by atoms with Gasteiger partial charge in [-0.3, -0.25) is 14.9 Å². The zero-order chi connectivity index (χ0) is 20.4. The third-order valence-electron chi connectivity index (χ3n) is 4.31. The molecule has 0 atom stereocenters. The number of ketones is 1. The van der Waals surface area contributed by atoms with E-state index in [1.807, 2.05) is 11.6 Å². The molecular formula is C18H22N4O5S. The van der Waals surface area contributed by atoms with Crippen molar-refractivity contribution in [2.24, 2.45) is 7.05 Å². The summed E-state index contributed by atoms with van der Waals surface area (Å²) < 4.78 is 12.4. The number of anilines is 1. The molecule has 0 unspecified atom stereocenters. The van der Waals surface area contributed by atoms with Gasteiger partial charge in [-0.1, -0.05) is 11.8 Å². The van der Waals surface area contributed by atoms with Gasteiger partial charge >= 0.3 is 5.97 Å². The summed E-state index contributed by atoms with van der Waals surface area (Å²) in [5.74, 6) is 0.165. The van der Waals surface area contributed by atoms with Crippen molar-refractivity contribution in [1.82, 2.24) is 14.8 Å². The molecule has 0 saturated heterocycles. The van der Waals surface area contributed by atoms with E-state index in [1.54, 1.807) is 13.8 Å². The molecule has 1 aliphatic carbocycles. The molecule has 2 aromatic heterocycles. The second kappa shape index (κ2) is 8.17. The number of hydrogen-bond donors (Lipinski definition) is 1. The number of thioether (sulfide) groups is 1. The van der Waals surface area contributed by atoms with Crippen molar-refractivity contribution in [3.63, 3.8) is 0 Å². The average Bonchev–Trinajstić information content (AvgIpc) is 3.32. The lowest BCUT2D eigenvalue weighted by Crippen LogP contribution is -2.18. The third-order valence-corrected chi connectivity index (χ3v) is 5.33. The summed E-state index contributed by atoms with van der Waals surface area (Å²) in [6.45, 7) is 4.68. The molecule has 1 aliphatic rings. The third kappa shape index (κ3) is 4.11. The Morgan fingerprint density at radius 3 is 2.61 bits per heavy atom. The van der Waals surface area contributed by atoms with Gasteiger partial charge in [-0.25, -0.2) is 4.79 Å². The van der Waals surface area contributed by atoms with Crippen LogP contribution in [-0.2, 0) is 16.6 Å². The summed E-state index contributed by atoms with van der Waals surface area (Å²) in [5, 5.41) is 11.5. The first-order valence-electron chi connectivity index (χ1n) is 8.96. The predicted octanol–water partition coefficient (Wildman–Crippen LogP) is 2.70. The van der Waals surface area contributed by atoms with Gasteiger partial charge in [0.15, 0.2) is 10.9 Å². The summed E-state index contributed by atoms with van der Waals surface area (Å²) >= 11 is 1.23. The standard InChI is InChI=1S/C18H22N4O5S/c1-5-26-17(25)14-13(9(2)23)10(3)27-16(14)19-12(24)8-28-18-21-20-15(22(18)4)11-6-7-11/h11H,5-8H2,1-4H3,(H,19,24). The van der Waals surface area contributed by atoms with Crippen molar-refractivity contribution in [1.29, 1.82) is 0 Å². The molecule has 0 radical (unpaired) electrons. The minimum absolute atomic E-state index is 0.0497. The van der Waals surface area contributed by atoms with Crippen molar-refractivity contribution in [3.8, 4) is 0 Å². The van der Waals surface area contributed by atoms with Crippen LogP contribution in [0.4, 0.5) is 5.88 Å². The molecule has 28 heavy (non-hydrogen) atoms. The van der Waals surface area contributed by atoms with Crippen LogP contribution in [0.3, 0.4) is 0 Å². The summed E-state index contributed by atoms with van der Waals surface area (Å²) in [7, 11) is 1.88. The summed E-state index contributed by atoms with van der Waals surface area (Å²) in [6.07, 6.45) is 2.23. The Kier molecular flexibility index (Phi) is 5.87. The molecule has 0 bridgehead atoms. The van der Waals surface area contributed by atoms with Crippen LogP contribution in [0.15, 0.2) is 9.57 Å². The van der Waals surface area contributed by atoms with Crippen LogP contribution in [0.2, 0.25) is 0 Å². The molecule has 10 heteroatoms. The first-order valence-corrected chi connectivity index (χ1v) is 9.95. The van der Waals surface area contributed by atoms with Crippen molar-refractivity contribution < 1.29 is 23.5 Å². The van der Waals surface area contributed by atoms with Gasteiger partial charge in [0.2, 0.25) is 11.8 Å². The van der Waals surface area contributed by atoms with Crippen LogP contribution >= 0.6 is 11.8 Å². The van der Waals surface area contributed by atoms with Crippen LogP contribution < -0.4 is 5.32 Å². The second-order valence-electron chi connectivity index (χ2n) is 6.52. The van der Waals surface area contributed by atoms with E-state index in [1.165, 1.54) is 18.7 Å². The number of ether oxygens (including phenoxy) is 1. The number of aromatic nitrogens is 3. The van der Waals surface area contributed by atoms with E-state index in [2.05, 4.69) is 15.5 Å². The van der Waals surface area contributed by atoms with Gasteiger partial charge in [-0.05, 0) is 33.6 Å². The number of amides is 1. The normalized spacial score (nSPS) is 13.4. The summed E-state index contributed by atoms with van der Waals surface area (Å²) in [6, 6.07) is 0. The molecule has 1 fully saturated rings. The Balaban J connectivity index is 1.72. The molecule has 1 N–H and O–H groups in total. The SMILES string of the molecule is CCOC(=O)c1c(NC(=O)CSc2nnc(C3CC3)n2C)oc(C)c1C(C)=O. The quantitative estimate of drug-likeness (QED) is 0.404. The molecule has 2 heterocycles. The fraction of sp³-hybridized carbons (Fsp3) is 0.500. The zero-order valence-electron chi connectivity index (χ0n) is 16.2. The Labute approximate surface area is 166 Å². The Morgan fingerprint density at radius 2 is 2.00 bits per heavy atom. The van der Waals surface area contributed by atoms with Gasteiger partial charge in [-0.2, -0.15) is 0 Å². The van der Waals surface area contributed by atoms with E-state index in [0.717, 1.165) is 18.7 Å². The number of rotatable bonds is 8. The smallest absolute Gasteiger partial charge is 0.344 e.